The summed E-state index contributed by atoms with van der Waals surface area (Å²) in [7, 11) is 0. The van der Waals surface area contributed by atoms with E-state index in [1.165, 1.54) is 42.4 Å². The molecule has 2 aromatic rings. The number of H-pyrrole nitrogens is 1. The average Bonchev–Trinajstić information content (AvgIpc) is 2.74. The number of aromatic amines is 1. The standard InChI is InChI=1S/C13H15IN2/c14-16-7-5-10(6-8-16)12-9-15-13-4-2-1-3-11(12)13/h1-4,9-10,15H,5-8H2. The molecule has 0 atom stereocenters. The zero-order valence-corrected chi connectivity index (χ0v) is 11.3. The zero-order valence-electron chi connectivity index (χ0n) is 9.12. The SMILES string of the molecule is IN1CCC(c2c[nH]c3ccccc23)CC1. The van der Waals surface area contributed by atoms with Crippen LogP contribution in [0.4, 0.5) is 0 Å². The van der Waals surface area contributed by atoms with Crippen LogP contribution in [0.3, 0.4) is 0 Å². The third kappa shape index (κ3) is 1.86. The number of rotatable bonds is 1. The first-order chi connectivity index (χ1) is 7.84. The van der Waals surface area contributed by atoms with Gasteiger partial charge in [-0.05, 0) is 30.4 Å². The van der Waals surface area contributed by atoms with Crippen LogP contribution in [-0.2, 0) is 0 Å². The smallest absolute Gasteiger partial charge is 0.0456 e. The van der Waals surface area contributed by atoms with Gasteiger partial charge in [0.15, 0.2) is 0 Å². The lowest BCUT2D eigenvalue weighted by atomic mass is 9.90. The van der Waals surface area contributed by atoms with E-state index < -0.39 is 0 Å². The van der Waals surface area contributed by atoms with Gasteiger partial charge in [0.1, 0.15) is 0 Å². The van der Waals surface area contributed by atoms with Gasteiger partial charge in [-0.25, -0.2) is 3.11 Å². The number of nitrogens with one attached hydrogen (secondary N) is 1. The van der Waals surface area contributed by atoms with Crippen molar-refractivity contribution in [3.63, 3.8) is 0 Å². The Bertz CT molecular complexity index is 483. The van der Waals surface area contributed by atoms with Crippen LogP contribution in [0.5, 0.6) is 0 Å². The van der Waals surface area contributed by atoms with Crippen LogP contribution in [0.25, 0.3) is 10.9 Å². The average molecular weight is 326 g/mol. The number of benzene rings is 1. The van der Waals surface area contributed by atoms with Crippen LogP contribution in [-0.4, -0.2) is 21.2 Å². The fraction of sp³-hybridized carbons (Fsp3) is 0.385. The van der Waals surface area contributed by atoms with Crippen LogP contribution in [0.1, 0.15) is 24.3 Å². The van der Waals surface area contributed by atoms with Crippen molar-refractivity contribution < 1.29 is 0 Å². The molecule has 2 heterocycles. The van der Waals surface area contributed by atoms with Gasteiger partial charge in [-0.3, -0.25) is 0 Å². The molecule has 1 aliphatic heterocycles. The Morgan fingerprint density at radius 1 is 1.19 bits per heavy atom. The van der Waals surface area contributed by atoms with Crippen LogP contribution >= 0.6 is 22.9 Å². The molecule has 0 radical (unpaired) electrons. The van der Waals surface area contributed by atoms with E-state index in [4.69, 9.17) is 0 Å². The molecule has 1 saturated heterocycles. The van der Waals surface area contributed by atoms with E-state index in [-0.39, 0.29) is 0 Å². The summed E-state index contributed by atoms with van der Waals surface area (Å²) in [5, 5.41) is 1.41. The number of nitrogens with zero attached hydrogens (tertiary/aromatic N) is 1. The Hall–Kier alpha value is -0.550. The number of hydrogen-bond acceptors (Lipinski definition) is 1. The molecule has 1 fully saturated rings. The van der Waals surface area contributed by atoms with Crippen molar-refractivity contribution in [2.24, 2.45) is 0 Å². The largest absolute Gasteiger partial charge is 0.361 e. The van der Waals surface area contributed by atoms with Gasteiger partial charge in [-0.15, -0.1) is 0 Å². The number of halogens is 1. The molecule has 2 nitrogen and oxygen atoms in total. The molecule has 0 bridgehead atoms. The monoisotopic (exact) mass is 326 g/mol. The second kappa shape index (κ2) is 4.37. The molecule has 1 N–H and O–H groups in total. The summed E-state index contributed by atoms with van der Waals surface area (Å²) < 4.78 is 2.39. The first kappa shape index (κ1) is 10.6. The van der Waals surface area contributed by atoms with Crippen LogP contribution in [0, 0.1) is 0 Å². The molecule has 1 aliphatic rings. The number of aromatic nitrogens is 1. The Labute approximate surface area is 110 Å². The molecule has 0 unspecified atom stereocenters. The highest BCUT2D eigenvalue weighted by atomic mass is 127. The van der Waals surface area contributed by atoms with Crippen LogP contribution < -0.4 is 0 Å². The summed E-state index contributed by atoms with van der Waals surface area (Å²) >= 11 is 2.43. The lowest BCUT2D eigenvalue weighted by molar-refractivity contribution is 0.370. The molecule has 0 amide bonds. The zero-order chi connectivity index (χ0) is 11.0. The summed E-state index contributed by atoms with van der Waals surface area (Å²) in [6.07, 6.45) is 4.77. The predicted molar refractivity (Wildman–Crippen MR) is 75.9 cm³/mol. The Balaban J connectivity index is 1.94. The molecule has 0 saturated carbocycles. The third-order valence-corrected chi connectivity index (χ3v) is 4.47. The Morgan fingerprint density at radius 3 is 2.75 bits per heavy atom. The van der Waals surface area contributed by atoms with Crippen LogP contribution in [0.2, 0.25) is 0 Å². The minimum atomic E-state index is 0.738. The number of piperidine rings is 1. The lowest BCUT2D eigenvalue weighted by Gasteiger charge is -2.27. The molecule has 84 valence electrons. The highest BCUT2D eigenvalue weighted by Gasteiger charge is 2.21. The van der Waals surface area contributed by atoms with Gasteiger partial charge in [0.25, 0.3) is 0 Å². The molecule has 3 heteroatoms. The highest BCUT2D eigenvalue weighted by molar-refractivity contribution is 14.1. The second-order valence-electron chi connectivity index (χ2n) is 4.47. The Kier molecular flexibility index (Phi) is 2.90. The normalized spacial score (nSPS) is 19.3. The van der Waals surface area contributed by atoms with Gasteiger partial charge < -0.3 is 4.98 Å². The maximum Gasteiger partial charge on any atom is 0.0456 e. The lowest BCUT2D eigenvalue weighted by Crippen LogP contribution is -2.24. The summed E-state index contributed by atoms with van der Waals surface area (Å²) in [5.74, 6) is 0.738. The first-order valence-electron chi connectivity index (χ1n) is 5.81. The molecular formula is C13H15IN2. The fourth-order valence-corrected chi connectivity index (χ4v) is 3.15. The van der Waals surface area contributed by atoms with E-state index in [1.807, 2.05) is 0 Å². The molecule has 0 spiro atoms. The van der Waals surface area contributed by atoms with E-state index in [2.05, 4.69) is 61.4 Å². The van der Waals surface area contributed by atoms with Crippen molar-refractivity contribution in [2.75, 3.05) is 13.1 Å². The topological polar surface area (TPSA) is 19.0 Å². The van der Waals surface area contributed by atoms with E-state index in [1.54, 1.807) is 0 Å². The quantitative estimate of drug-likeness (QED) is 0.625. The van der Waals surface area contributed by atoms with Crippen molar-refractivity contribution >= 4 is 33.8 Å². The van der Waals surface area contributed by atoms with Gasteiger partial charge in [0.05, 0.1) is 0 Å². The molecule has 3 rings (SSSR count). The maximum absolute atomic E-state index is 3.38. The van der Waals surface area contributed by atoms with Crippen molar-refractivity contribution in [1.82, 2.24) is 8.10 Å². The van der Waals surface area contributed by atoms with Crippen LogP contribution in [0.15, 0.2) is 30.5 Å². The van der Waals surface area contributed by atoms with Gasteiger partial charge in [-0.1, -0.05) is 18.2 Å². The molecular weight excluding hydrogens is 311 g/mol. The molecule has 0 aliphatic carbocycles. The minimum Gasteiger partial charge on any atom is -0.361 e. The highest BCUT2D eigenvalue weighted by Crippen LogP contribution is 2.33. The summed E-state index contributed by atoms with van der Waals surface area (Å²) in [6, 6.07) is 8.62. The summed E-state index contributed by atoms with van der Waals surface area (Å²) in [5.41, 5.74) is 2.79. The first-order valence-corrected chi connectivity index (χ1v) is 6.78. The van der Waals surface area contributed by atoms with E-state index in [0.717, 1.165) is 5.92 Å². The van der Waals surface area contributed by atoms with Crippen molar-refractivity contribution in [3.8, 4) is 0 Å². The molecule has 16 heavy (non-hydrogen) atoms. The van der Waals surface area contributed by atoms with Gasteiger partial charge in [-0.2, -0.15) is 0 Å². The van der Waals surface area contributed by atoms with Crippen molar-refractivity contribution in [2.45, 2.75) is 18.8 Å². The van der Waals surface area contributed by atoms with Gasteiger partial charge in [0.2, 0.25) is 0 Å². The summed E-state index contributed by atoms with van der Waals surface area (Å²) in [6.45, 7) is 2.43. The predicted octanol–water partition coefficient (Wildman–Crippen LogP) is 3.70. The second-order valence-corrected chi connectivity index (χ2v) is 5.84. The van der Waals surface area contributed by atoms with E-state index in [9.17, 15) is 0 Å². The number of fused-ring (bicyclic) bond motifs is 1. The van der Waals surface area contributed by atoms with Crippen molar-refractivity contribution in [3.05, 3.63) is 36.0 Å². The fourth-order valence-electron chi connectivity index (χ4n) is 2.59. The Morgan fingerprint density at radius 2 is 1.94 bits per heavy atom. The number of para-hydroxylation sites is 1. The third-order valence-electron chi connectivity index (χ3n) is 3.50. The molecule has 1 aromatic heterocycles. The molecule has 1 aromatic carbocycles. The minimum absolute atomic E-state index is 0.738. The van der Waals surface area contributed by atoms with Gasteiger partial charge in [0, 0.05) is 53.1 Å². The van der Waals surface area contributed by atoms with Gasteiger partial charge >= 0.3 is 0 Å². The van der Waals surface area contributed by atoms with E-state index >= 15 is 0 Å². The summed E-state index contributed by atoms with van der Waals surface area (Å²) in [4.78, 5) is 3.38. The van der Waals surface area contributed by atoms with E-state index in [0.29, 0.717) is 0 Å². The van der Waals surface area contributed by atoms with Crippen molar-refractivity contribution in [1.29, 1.82) is 0 Å². The maximum atomic E-state index is 3.38. The number of hydrogen-bond donors (Lipinski definition) is 1.